The minimum atomic E-state index is -2.36. The molecule has 0 aliphatic heterocycles. The van der Waals surface area contributed by atoms with Crippen LogP contribution >= 0.6 is 0 Å². The van der Waals surface area contributed by atoms with Gasteiger partial charge in [0, 0.05) is 0 Å². The summed E-state index contributed by atoms with van der Waals surface area (Å²) in [6.07, 6.45) is -0.702. The summed E-state index contributed by atoms with van der Waals surface area (Å²) < 4.78 is 16.5. The molecule has 0 aromatic carbocycles. The Kier molecular flexibility index (Phi) is 15.6. The van der Waals surface area contributed by atoms with E-state index in [-0.39, 0.29) is 12.2 Å². The minimum Gasteiger partial charge on any atom is -0.463 e. The van der Waals surface area contributed by atoms with Crippen molar-refractivity contribution in [1.82, 2.24) is 0 Å². The van der Waals surface area contributed by atoms with Gasteiger partial charge in [-0.2, -0.15) is 0 Å². The summed E-state index contributed by atoms with van der Waals surface area (Å²) in [6, 6.07) is 0. The van der Waals surface area contributed by atoms with Gasteiger partial charge >= 0.3 is 17.9 Å². The van der Waals surface area contributed by atoms with Crippen molar-refractivity contribution >= 4 is 17.9 Å². The molecule has 0 aliphatic carbocycles. The monoisotopic (exact) mass is 528 g/mol. The molecule has 6 unspecified atom stereocenters. The molecule has 0 spiro atoms. The smallest absolute Gasteiger partial charge is 0.339 e. The first-order chi connectivity index (χ1) is 16.9. The molecule has 7 nitrogen and oxygen atoms in total. The first-order valence-corrected chi connectivity index (χ1v) is 14.2. The Morgan fingerprint density at radius 1 is 0.541 bits per heavy atom. The standard InChI is InChI=1S/C30H56O7/c1-18(2)21(7)13-24(10)35-27(31)16-30(34,29(33)37-26(12)15-23(9)20(5)6)17-28(32)36-25(11)14-22(8)19(3)4/h18-26,34H,13-17H2,1-12H3. The average Bonchev–Trinajstić information content (AvgIpc) is 2.72. The molecule has 0 fully saturated rings. The summed E-state index contributed by atoms with van der Waals surface area (Å²) in [5.74, 6) is -0.291. The number of hydrogen-bond acceptors (Lipinski definition) is 7. The van der Waals surface area contributed by atoms with Crippen molar-refractivity contribution in [1.29, 1.82) is 0 Å². The molecule has 0 saturated heterocycles. The minimum absolute atomic E-state index is 0.290. The van der Waals surface area contributed by atoms with Crippen LogP contribution < -0.4 is 0 Å². The molecule has 0 aromatic heterocycles. The number of carbonyl (C=O) groups excluding carboxylic acids is 3. The third-order valence-electron chi connectivity index (χ3n) is 7.75. The van der Waals surface area contributed by atoms with Crippen molar-refractivity contribution in [2.75, 3.05) is 0 Å². The third-order valence-corrected chi connectivity index (χ3v) is 7.75. The molecule has 0 rings (SSSR count). The van der Waals surface area contributed by atoms with Gasteiger partial charge in [0.15, 0.2) is 5.60 Å². The van der Waals surface area contributed by atoms with Gasteiger partial charge in [0.25, 0.3) is 0 Å². The highest BCUT2D eigenvalue weighted by Gasteiger charge is 2.44. The van der Waals surface area contributed by atoms with Crippen molar-refractivity contribution in [3.05, 3.63) is 0 Å². The summed E-state index contributed by atoms with van der Waals surface area (Å²) in [7, 11) is 0. The molecule has 6 atom stereocenters. The predicted octanol–water partition coefficient (Wildman–Crippen LogP) is 6.34. The van der Waals surface area contributed by atoms with Crippen LogP contribution in [0.2, 0.25) is 0 Å². The Hall–Kier alpha value is -1.63. The van der Waals surface area contributed by atoms with E-state index in [4.69, 9.17) is 14.2 Å². The van der Waals surface area contributed by atoms with Gasteiger partial charge in [0.05, 0.1) is 31.2 Å². The van der Waals surface area contributed by atoms with Crippen LogP contribution in [0.15, 0.2) is 0 Å². The van der Waals surface area contributed by atoms with E-state index in [0.29, 0.717) is 54.8 Å². The highest BCUT2D eigenvalue weighted by atomic mass is 16.6. The normalized spacial score (nSPS) is 18.5. The van der Waals surface area contributed by atoms with Crippen molar-refractivity contribution in [3.8, 4) is 0 Å². The maximum atomic E-state index is 13.1. The van der Waals surface area contributed by atoms with Gasteiger partial charge in [-0.3, -0.25) is 9.59 Å². The van der Waals surface area contributed by atoms with Gasteiger partial charge in [0.1, 0.15) is 0 Å². The van der Waals surface area contributed by atoms with Crippen LogP contribution in [-0.2, 0) is 28.6 Å². The lowest BCUT2D eigenvalue weighted by Gasteiger charge is -2.29. The lowest BCUT2D eigenvalue weighted by molar-refractivity contribution is -0.184. The molecule has 7 heteroatoms. The Morgan fingerprint density at radius 2 is 0.811 bits per heavy atom. The van der Waals surface area contributed by atoms with E-state index in [9.17, 15) is 19.5 Å². The third kappa shape index (κ3) is 14.2. The van der Waals surface area contributed by atoms with Gasteiger partial charge in [-0.1, -0.05) is 62.3 Å². The van der Waals surface area contributed by atoms with E-state index in [1.54, 1.807) is 20.8 Å². The number of rotatable bonds is 17. The zero-order valence-corrected chi connectivity index (χ0v) is 25.6. The van der Waals surface area contributed by atoms with E-state index >= 15 is 0 Å². The van der Waals surface area contributed by atoms with Crippen LogP contribution in [0.5, 0.6) is 0 Å². The van der Waals surface area contributed by atoms with Crippen LogP contribution in [0.25, 0.3) is 0 Å². The molecular formula is C30H56O7. The van der Waals surface area contributed by atoms with Crippen LogP contribution in [0.4, 0.5) is 0 Å². The average molecular weight is 529 g/mol. The van der Waals surface area contributed by atoms with Crippen LogP contribution in [0, 0.1) is 35.5 Å². The molecule has 218 valence electrons. The van der Waals surface area contributed by atoms with E-state index < -0.39 is 42.5 Å². The fourth-order valence-corrected chi connectivity index (χ4v) is 4.04. The molecule has 0 bridgehead atoms. The fourth-order valence-electron chi connectivity index (χ4n) is 4.04. The largest absolute Gasteiger partial charge is 0.463 e. The summed E-state index contributed by atoms with van der Waals surface area (Å²) >= 11 is 0. The highest BCUT2D eigenvalue weighted by molar-refractivity contribution is 5.90. The summed E-state index contributed by atoms with van der Waals surface area (Å²) in [4.78, 5) is 38.6. The Morgan fingerprint density at radius 3 is 1.08 bits per heavy atom. The Balaban J connectivity index is 5.50. The quantitative estimate of drug-likeness (QED) is 0.174. The molecule has 0 aliphatic rings. The molecule has 0 heterocycles. The first-order valence-electron chi connectivity index (χ1n) is 14.2. The van der Waals surface area contributed by atoms with Gasteiger partial charge < -0.3 is 19.3 Å². The second-order valence-corrected chi connectivity index (χ2v) is 12.6. The Bertz CT molecular complexity index is 662. The number of ether oxygens (including phenoxy) is 3. The molecular weight excluding hydrogens is 472 g/mol. The second-order valence-electron chi connectivity index (χ2n) is 12.6. The van der Waals surface area contributed by atoms with Crippen LogP contribution in [0.1, 0.15) is 115 Å². The predicted molar refractivity (Wildman–Crippen MR) is 147 cm³/mol. The maximum Gasteiger partial charge on any atom is 0.339 e. The van der Waals surface area contributed by atoms with Crippen molar-refractivity contribution < 1.29 is 33.7 Å². The van der Waals surface area contributed by atoms with E-state index in [1.165, 1.54) is 0 Å². The molecule has 37 heavy (non-hydrogen) atoms. The number of esters is 3. The van der Waals surface area contributed by atoms with Gasteiger partial charge in [-0.25, -0.2) is 4.79 Å². The molecule has 0 amide bonds. The lowest BCUT2D eigenvalue weighted by Crippen LogP contribution is -2.46. The van der Waals surface area contributed by atoms with Crippen LogP contribution in [-0.4, -0.2) is 46.9 Å². The fraction of sp³-hybridized carbons (Fsp3) is 0.900. The van der Waals surface area contributed by atoms with Gasteiger partial charge in [-0.15, -0.1) is 0 Å². The topological polar surface area (TPSA) is 99.1 Å². The van der Waals surface area contributed by atoms with E-state index in [2.05, 4.69) is 62.3 Å². The molecule has 0 saturated carbocycles. The SMILES string of the molecule is CC(CC(C)C(C)C)OC(=O)CC(O)(CC(=O)OC(C)CC(C)C(C)C)C(=O)OC(C)CC(C)C(C)C. The number of hydrogen-bond donors (Lipinski definition) is 1. The van der Waals surface area contributed by atoms with E-state index in [0.717, 1.165) is 0 Å². The second kappa shape index (κ2) is 16.4. The lowest BCUT2D eigenvalue weighted by atomic mass is 9.91. The summed E-state index contributed by atoms with van der Waals surface area (Å²) in [6.45, 7) is 24.1. The zero-order valence-electron chi connectivity index (χ0n) is 25.6. The molecule has 0 radical (unpaired) electrons. The number of carbonyl (C=O) groups is 3. The Labute approximate surface area is 226 Å². The molecule has 1 N–H and O–H groups in total. The van der Waals surface area contributed by atoms with Crippen molar-refractivity contribution in [2.45, 2.75) is 139 Å². The van der Waals surface area contributed by atoms with Gasteiger partial charge in [0.2, 0.25) is 0 Å². The summed E-state index contributed by atoms with van der Waals surface area (Å²) in [5.41, 5.74) is -2.36. The summed E-state index contributed by atoms with van der Waals surface area (Å²) in [5, 5.41) is 11.3. The van der Waals surface area contributed by atoms with Crippen molar-refractivity contribution in [3.63, 3.8) is 0 Å². The van der Waals surface area contributed by atoms with Gasteiger partial charge in [-0.05, 0) is 75.5 Å². The van der Waals surface area contributed by atoms with Crippen LogP contribution in [0.3, 0.4) is 0 Å². The first kappa shape index (κ1) is 35.4. The zero-order chi connectivity index (χ0) is 29.1. The van der Waals surface area contributed by atoms with E-state index in [1.807, 2.05) is 0 Å². The van der Waals surface area contributed by atoms with Crippen molar-refractivity contribution in [2.24, 2.45) is 35.5 Å². The number of aliphatic hydroxyl groups is 1. The molecule has 0 aromatic rings. The highest BCUT2D eigenvalue weighted by Crippen LogP contribution is 2.26. The maximum absolute atomic E-state index is 13.1.